The molecular formula is C16H21IN4O5. The van der Waals surface area contributed by atoms with E-state index in [0.717, 1.165) is 19.3 Å². The Morgan fingerprint density at radius 1 is 1.58 bits per heavy atom. The van der Waals surface area contributed by atoms with Gasteiger partial charge in [0.15, 0.2) is 10.1 Å². The molecule has 1 saturated heterocycles. The summed E-state index contributed by atoms with van der Waals surface area (Å²) in [5.74, 6) is 0.675. The summed E-state index contributed by atoms with van der Waals surface area (Å²) in [7, 11) is 0. The van der Waals surface area contributed by atoms with Gasteiger partial charge in [-0.1, -0.05) is 5.16 Å². The fourth-order valence-electron chi connectivity index (χ4n) is 2.96. The zero-order valence-corrected chi connectivity index (χ0v) is 16.5. The molecular weight excluding hydrogens is 455 g/mol. The number of halogens is 1. The first-order valence-electron chi connectivity index (χ1n) is 8.43. The number of amides is 1. The molecule has 0 spiro atoms. The normalized spacial score (nSPS) is 19.8. The van der Waals surface area contributed by atoms with Crippen molar-refractivity contribution in [3.8, 4) is 0 Å². The van der Waals surface area contributed by atoms with Gasteiger partial charge in [-0.3, -0.25) is 0 Å². The van der Waals surface area contributed by atoms with Crippen LogP contribution in [0.4, 0.5) is 4.79 Å². The first kappa shape index (κ1) is 19.1. The van der Waals surface area contributed by atoms with Crippen LogP contribution < -0.4 is 5.32 Å². The van der Waals surface area contributed by atoms with Crippen LogP contribution in [0.2, 0.25) is 0 Å². The van der Waals surface area contributed by atoms with Gasteiger partial charge in [0.25, 0.3) is 0 Å². The zero-order chi connectivity index (χ0) is 18.5. The number of ether oxygens (including phenoxy) is 2. The van der Waals surface area contributed by atoms with Crippen LogP contribution in [0.3, 0.4) is 0 Å². The van der Waals surface area contributed by atoms with Gasteiger partial charge in [0.1, 0.15) is 17.6 Å². The molecule has 1 aliphatic rings. The smallest absolute Gasteiger partial charge is 0.404 e. The Bertz CT molecular complexity index is 728. The van der Waals surface area contributed by atoms with Gasteiger partial charge in [-0.2, -0.15) is 0 Å². The first-order chi connectivity index (χ1) is 12.5. The quantitative estimate of drug-likeness (QED) is 0.592. The molecule has 2 N–H and O–H groups in total. The van der Waals surface area contributed by atoms with Crippen molar-refractivity contribution in [2.45, 2.75) is 44.6 Å². The molecule has 2 aromatic heterocycles. The van der Waals surface area contributed by atoms with E-state index in [9.17, 15) is 4.79 Å². The third kappa shape index (κ3) is 4.74. The maximum atomic E-state index is 11.0. The Kier molecular flexibility index (Phi) is 6.48. The first-order valence-corrected chi connectivity index (χ1v) is 9.51. The average molecular weight is 476 g/mol. The fraction of sp³-hybridized carbons (Fsp3) is 0.562. The van der Waals surface area contributed by atoms with Crippen molar-refractivity contribution in [3.63, 3.8) is 0 Å². The molecule has 1 aliphatic heterocycles. The SMILES string of the molecule is CC(OC1CCCCO1)c1nccn1C(CNC(=O)O)c1cc(I)on1. The number of rotatable bonds is 7. The molecule has 3 rings (SSSR count). The van der Waals surface area contributed by atoms with Crippen molar-refractivity contribution >= 4 is 28.7 Å². The molecule has 0 bridgehead atoms. The van der Waals surface area contributed by atoms with Gasteiger partial charge in [-0.15, -0.1) is 0 Å². The summed E-state index contributed by atoms with van der Waals surface area (Å²) in [6.07, 6.45) is 4.78. The second-order valence-electron chi connectivity index (χ2n) is 6.02. The lowest BCUT2D eigenvalue weighted by Gasteiger charge is -2.27. The Labute approximate surface area is 164 Å². The maximum Gasteiger partial charge on any atom is 0.404 e. The molecule has 3 unspecified atom stereocenters. The topological polar surface area (TPSA) is 112 Å². The van der Waals surface area contributed by atoms with E-state index in [-0.39, 0.29) is 18.9 Å². The number of hydrogen-bond donors (Lipinski definition) is 2. The molecule has 3 heterocycles. The van der Waals surface area contributed by atoms with Crippen molar-refractivity contribution in [1.82, 2.24) is 20.0 Å². The van der Waals surface area contributed by atoms with Crippen molar-refractivity contribution < 1.29 is 23.9 Å². The van der Waals surface area contributed by atoms with E-state index in [1.807, 2.05) is 34.1 Å². The standard InChI is InChI=1S/C16H21IN4O5/c1-10(25-14-4-2-3-7-24-14)15-18-5-6-21(15)12(9-19-16(22)23)11-8-13(17)26-20-11/h5-6,8,10,12,14,19H,2-4,7,9H2,1H3,(H,22,23). The molecule has 0 aliphatic carbocycles. The van der Waals surface area contributed by atoms with Gasteiger partial charge in [-0.05, 0) is 26.2 Å². The second-order valence-corrected chi connectivity index (χ2v) is 7.09. The highest BCUT2D eigenvalue weighted by Gasteiger charge is 2.26. The van der Waals surface area contributed by atoms with Crippen LogP contribution in [0.25, 0.3) is 0 Å². The lowest BCUT2D eigenvalue weighted by atomic mass is 10.2. The highest BCUT2D eigenvalue weighted by Crippen LogP contribution is 2.27. The Hall–Kier alpha value is -1.66. The Morgan fingerprint density at radius 2 is 2.42 bits per heavy atom. The predicted molar refractivity (Wildman–Crippen MR) is 98.7 cm³/mol. The van der Waals surface area contributed by atoms with E-state index in [2.05, 4.69) is 15.5 Å². The molecule has 1 fully saturated rings. The van der Waals surface area contributed by atoms with E-state index in [4.69, 9.17) is 19.1 Å². The Balaban J connectivity index is 1.80. The summed E-state index contributed by atoms with van der Waals surface area (Å²) in [6.45, 7) is 2.74. The third-order valence-electron chi connectivity index (χ3n) is 4.18. The van der Waals surface area contributed by atoms with Crippen LogP contribution in [0.5, 0.6) is 0 Å². The summed E-state index contributed by atoms with van der Waals surface area (Å²) in [5.41, 5.74) is 0.614. The number of nitrogens with zero attached hydrogens (tertiary/aromatic N) is 3. The molecule has 0 radical (unpaired) electrons. The summed E-state index contributed by atoms with van der Waals surface area (Å²) in [6, 6.07) is 1.38. The van der Waals surface area contributed by atoms with Gasteiger partial charge < -0.3 is 29.0 Å². The van der Waals surface area contributed by atoms with Crippen molar-refractivity contribution in [2.75, 3.05) is 13.2 Å². The number of imidazole rings is 1. The van der Waals surface area contributed by atoms with E-state index in [0.29, 0.717) is 21.9 Å². The molecule has 9 nitrogen and oxygen atoms in total. The van der Waals surface area contributed by atoms with Crippen molar-refractivity contribution in [2.24, 2.45) is 0 Å². The van der Waals surface area contributed by atoms with Crippen LogP contribution in [0.15, 0.2) is 23.0 Å². The lowest BCUT2D eigenvalue weighted by Crippen LogP contribution is -2.31. The summed E-state index contributed by atoms with van der Waals surface area (Å²) in [5, 5.41) is 15.4. The van der Waals surface area contributed by atoms with Gasteiger partial charge in [-0.25, -0.2) is 9.78 Å². The number of carboxylic acid groups (broad SMARTS) is 1. The van der Waals surface area contributed by atoms with Crippen LogP contribution in [-0.2, 0) is 9.47 Å². The van der Waals surface area contributed by atoms with Gasteiger partial charge in [0.05, 0.1) is 6.04 Å². The molecule has 1 amide bonds. The third-order valence-corrected chi connectivity index (χ3v) is 4.69. The number of hydrogen-bond acceptors (Lipinski definition) is 6. The van der Waals surface area contributed by atoms with Crippen LogP contribution in [0, 0.1) is 3.77 Å². The molecule has 0 aromatic carbocycles. The number of aromatic nitrogens is 3. The number of nitrogens with one attached hydrogen (secondary N) is 1. The van der Waals surface area contributed by atoms with Gasteiger partial charge in [0.2, 0.25) is 0 Å². The molecule has 10 heteroatoms. The monoisotopic (exact) mass is 476 g/mol. The largest absolute Gasteiger partial charge is 0.465 e. The summed E-state index contributed by atoms with van der Waals surface area (Å²) < 4.78 is 19.3. The minimum absolute atomic E-state index is 0.133. The molecule has 0 saturated carbocycles. The van der Waals surface area contributed by atoms with Crippen LogP contribution in [0.1, 0.15) is 49.9 Å². The average Bonchev–Trinajstić information content (AvgIpc) is 3.25. The van der Waals surface area contributed by atoms with Crippen molar-refractivity contribution in [3.05, 3.63) is 33.7 Å². The van der Waals surface area contributed by atoms with E-state index >= 15 is 0 Å². The highest BCUT2D eigenvalue weighted by molar-refractivity contribution is 14.1. The summed E-state index contributed by atoms with van der Waals surface area (Å²) in [4.78, 5) is 15.4. The zero-order valence-electron chi connectivity index (χ0n) is 14.3. The lowest BCUT2D eigenvalue weighted by molar-refractivity contribution is -0.188. The maximum absolute atomic E-state index is 11.0. The fourth-order valence-corrected chi connectivity index (χ4v) is 3.38. The van der Waals surface area contributed by atoms with Gasteiger partial charge >= 0.3 is 6.09 Å². The van der Waals surface area contributed by atoms with E-state index < -0.39 is 12.1 Å². The summed E-state index contributed by atoms with van der Waals surface area (Å²) >= 11 is 2.02. The number of carbonyl (C=O) groups is 1. The predicted octanol–water partition coefficient (Wildman–Crippen LogP) is 2.94. The molecule has 3 atom stereocenters. The van der Waals surface area contributed by atoms with Crippen LogP contribution in [-0.4, -0.2) is 45.3 Å². The highest BCUT2D eigenvalue weighted by atomic mass is 127. The minimum Gasteiger partial charge on any atom is -0.465 e. The molecule has 2 aromatic rings. The molecule has 26 heavy (non-hydrogen) atoms. The van der Waals surface area contributed by atoms with E-state index in [1.165, 1.54) is 0 Å². The van der Waals surface area contributed by atoms with Crippen LogP contribution >= 0.6 is 22.6 Å². The minimum atomic E-state index is -1.10. The van der Waals surface area contributed by atoms with Crippen molar-refractivity contribution in [1.29, 1.82) is 0 Å². The molecule has 142 valence electrons. The second kappa shape index (κ2) is 8.82. The Morgan fingerprint density at radius 3 is 3.08 bits per heavy atom. The van der Waals surface area contributed by atoms with Gasteiger partial charge in [0, 0.05) is 54.2 Å². The van der Waals surface area contributed by atoms with E-state index in [1.54, 1.807) is 18.5 Å².